The Morgan fingerprint density at radius 3 is 2.63 bits per heavy atom. The van der Waals surface area contributed by atoms with Gasteiger partial charge in [-0.25, -0.2) is 0 Å². The SMILES string of the molecule is CN=C(NCc1cc(C(C)C)no1)NCC1(c2cc(C)ccc2OC)CCOCC1. The molecule has 3 rings (SSSR count). The topological polar surface area (TPSA) is 80.9 Å². The number of nitrogens with one attached hydrogen (secondary N) is 2. The maximum atomic E-state index is 5.70. The van der Waals surface area contributed by atoms with Crippen LogP contribution in [0.15, 0.2) is 33.8 Å². The molecule has 1 aromatic heterocycles. The van der Waals surface area contributed by atoms with Gasteiger partial charge in [-0.05, 0) is 31.7 Å². The number of hydrogen-bond acceptors (Lipinski definition) is 5. The summed E-state index contributed by atoms with van der Waals surface area (Å²) in [5.74, 6) is 2.80. The van der Waals surface area contributed by atoms with Crippen LogP contribution >= 0.6 is 0 Å². The number of aliphatic imine (C=N–C) groups is 1. The van der Waals surface area contributed by atoms with Crippen molar-refractivity contribution < 1.29 is 14.0 Å². The summed E-state index contributed by atoms with van der Waals surface area (Å²) >= 11 is 0. The second-order valence-corrected chi connectivity index (χ2v) is 8.25. The van der Waals surface area contributed by atoms with Crippen LogP contribution in [0, 0.1) is 6.92 Å². The van der Waals surface area contributed by atoms with Crippen LogP contribution in [0.2, 0.25) is 0 Å². The molecule has 1 fully saturated rings. The van der Waals surface area contributed by atoms with Crippen molar-refractivity contribution in [1.29, 1.82) is 0 Å². The van der Waals surface area contributed by atoms with Gasteiger partial charge >= 0.3 is 0 Å². The number of methoxy groups -OCH3 is 1. The zero-order chi connectivity index (χ0) is 21.6. The molecule has 1 aromatic carbocycles. The fraction of sp³-hybridized carbons (Fsp3) is 0.565. The van der Waals surface area contributed by atoms with Gasteiger partial charge in [-0.1, -0.05) is 36.7 Å². The van der Waals surface area contributed by atoms with Gasteiger partial charge < -0.3 is 24.6 Å². The van der Waals surface area contributed by atoms with Gasteiger partial charge in [-0.3, -0.25) is 4.99 Å². The second-order valence-electron chi connectivity index (χ2n) is 8.25. The highest BCUT2D eigenvalue weighted by Crippen LogP contribution is 2.40. The van der Waals surface area contributed by atoms with Crippen molar-refractivity contribution in [2.45, 2.75) is 51.5 Å². The summed E-state index contributed by atoms with van der Waals surface area (Å²) in [7, 11) is 3.51. The van der Waals surface area contributed by atoms with Crippen molar-refractivity contribution >= 4 is 5.96 Å². The van der Waals surface area contributed by atoms with Gasteiger partial charge in [-0.15, -0.1) is 0 Å². The Kier molecular flexibility index (Phi) is 7.37. The quantitative estimate of drug-likeness (QED) is 0.533. The van der Waals surface area contributed by atoms with E-state index in [1.54, 1.807) is 14.2 Å². The van der Waals surface area contributed by atoms with Gasteiger partial charge in [0.05, 0.1) is 19.3 Å². The van der Waals surface area contributed by atoms with E-state index >= 15 is 0 Å². The highest BCUT2D eigenvalue weighted by Gasteiger charge is 2.37. The molecular formula is C23H34N4O3. The van der Waals surface area contributed by atoms with E-state index < -0.39 is 0 Å². The summed E-state index contributed by atoms with van der Waals surface area (Å²) < 4.78 is 16.8. The highest BCUT2D eigenvalue weighted by molar-refractivity contribution is 5.79. The van der Waals surface area contributed by atoms with Crippen molar-refractivity contribution in [3.8, 4) is 5.75 Å². The smallest absolute Gasteiger partial charge is 0.191 e. The molecule has 0 bridgehead atoms. The average molecular weight is 415 g/mol. The van der Waals surface area contributed by atoms with E-state index in [0.29, 0.717) is 12.5 Å². The fourth-order valence-corrected chi connectivity index (χ4v) is 3.87. The number of hydrogen-bond donors (Lipinski definition) is 2. The monoisotopic (exact) mass is 414 g/mol. The number of aryl methyl sites for hydroxylation is 1. The van der Waals surface area contributed by atoms with Gasteiger partial charge in [0.1, 0.15) is 5.75 Å². The Morgan fingerprint density at radius 2 is 2.00 bits per heavy atom. The molecule has 0 unspecified atom stereocenters. The zero-order valence-electron chi connectivity index (χ0n) is 18.7. The molecule has 7 nitrogen and oxygen atoms in total. The molecule has 2 heterocycles. The first kappa shape index (κ1) is 22.2. The molecule has 164 valence electrons. The van der Waals surface area contributed by atoms with E-state index in [1.165, 1.54) is 11.1 Å². The summed E-state index contributed by atoms with van der Waals surface area (Å²) in [6.07, 6.45) is 1.85. The minimum atomic E-state index is -0.0791. The Bertz CT molecular complexity index is 854. The van der Waals surface area contributed by atoms with Crippen molar-refractivity contribution in [1.82, 2.24) is 15.8 Å². The third-order valence-electron chi connectivity index (χ3n) is 5.79. The van der Waals surface area contributed by atoms with Crippen LogP contribution in [0.4, 0.5) is 0 Å². The van der Waals surface area contributed by atoms with E-state index in [1.807, 2.05) is 6.07 Å². The van der Waals surface area contributed by atoms with E-state index in [4.69, 9.17) is 14.0 Å². The fourth-order valence-electron chi connectivity index (χ4n) is 3.87. The molecule has 1 saturated heterocycles. The molecule has 0 saturated carbocycles. The average Bonchev–Trinajstić information content (AvgIpc) is 3.24. The van der Waals surface area contributed by atoms with Crippen molar-refractivity contribution in [3.63, 3.8) is 0 Å². The molecule has 0 spiro atoms. The van der Waals surface area contributed by atoms with E-state index in [0.717, 1.165) is 55.8 Å². The molecule has 0 amide bonds. The molecule has 0 atom stereocenters. The van der Waals surface area contributed by atoms with Crippen molar-refractivity contribution in [2.75, 3.05) is 33.9 Å². The van der Waals surface area contributed by atoms with Crippen molar-refractivity contribution in [2.24, 2.45) is 4.99 Å². The minimum Gasteiger partial charge on any atom is -0.496 e. The maximum Gasteiger partial charge on any atom is 0.191 e. The molecule has 1 aliphatic heterocycles. The summed E-state index contributed by atoms with van der Waals surface area (Å²) in [6, 6.07) is 8.38. The van der Waals surface area contributed by atoms with Crippen molar-refractivity contribution in [3.05, 3.63) is 46.8 Å². The van der Waals surface area contributed by atoms with E-state index in [9.17, 15) is 0 Å². The second kappa shape index (κ2) is 9.98. The highest BCUT2D eigenvalue weighted by atomic mass is 16.5. The molecule has 1 aliphatic rings. The maximum absolute atomic E-state index is 5.70. The first-order valence-electron chi connectivity index (χ1n) is 10.6. The molecule has 2 aromatic rings. The predicted molar refractivity (Wildman–Crippen MR) is 118 cm³/mol. The standard InChI is InChI=1S/C23H34N4O3/c1-16(2)20-13-18(30-27-20)14-25-22(24-4)26-15-23(8-10-29-11-9-23)19-12-17(3)6-7-21(19)28-5/h6-7,12-13,16H,8-11,14-15H2,1-5H3,(H2,24,25,26). The molecular weight excluding hydrogens is 380 g/mol. The van der Waals surface area contributed by atoms with E-state index in [-0.39, 0.29) is 5.41 Å². The lowest BCUT2D eigenvalue weighted by atomic mass is 9.73. The molecule has 0 aliphatic carbocycles. The minimum absolute atomic E-state index is 0.0791. The van der Waals surface area contributed by atoms with Crippen LogP contribution in [0.3, 0.4) is 0 Å². The van der Waals surface area contributed by atoms with Crippen LogP contribution in [0.5, 0.6) is 5.75 Å². The van der Waals surface area contributed by atoms with Crippen LogP contribution in [0.1, 0.15) is 55.2 Å². The Hall–Kier alpha value is -2.54. The lowest BCUT2D eigenvalue weighted by Gasteiger charge is -2.39. The predicted octanol–water partition coefficient (Wildman–Crippen LogP) is 3.53. The summed E-state index contributed by atoms with van der Waals surface area (Å²) in [4.78, 5) is 4.38. The summed E-state index contributed by atoms with van der Waals surface area (Å²) in [5.41, 5.74) is 3.34. The lowest BCUT2D eigenvalue weighted by molar-refractivity contribution is 0.0505. The Labute approximate surface area is 179 Å². The molecule has 2 N–H and O–H groups in total. The van der Waals surface area contributed by atoms with Crippen LogP contribution in [-0.4, -0.2) is 45.0 Å². The van der Waals surface area contributed by atoms with Gasteiger partial charge in [0.15, 0.2) is 11.7 Å². The van der Waals surface area contributed by atoms with Gasteiger partial charge in [-0.2, -0.15) is 0 Å². The third-order valence-corrected chi connectivity index (χ3v) is 5.79. The lowest BCUT2D eigenvalue weighted by Crippen LogP contribution is -2.48. The van der Waals surface area contributed by atoms with Crippen LogP contribution < -0.4 is 15.4 Å². The van der Waals surface area contributed by atoms with Crippen LogP contribution in [0.25, 0.3) is 0 Å². The number of benzene rings is 1. The van der Waals surface area contributed by atoms with Crippen LogP contribution in [-0.2, 0) is 16.7 Å². The first-order chi connectivity index (χ1) is 14.5. The third kappa shape index (κ3) is 5.14. The Morgan fingerprint density at radius 1 is 1.23 bits per heavy atom. The molecule has 7 heteroatoms. The molecule has 30 heavy (non-hydrogen) atoms. The summed E-state index contributed by atoms with van der Waals surface area (Å²) in [6.45, 7) is 9.06. The summed E-state index contributed by atoms with van der Waals surface area (Å²) in [5, 5.41) is 11.0. The Balaban J connectivity index is 1.71. The van der Waals surface area contributed by atoms with Gasteiger partial charge in [0.2, 0.25) is 0 Å². The first-order valence-corrected chi connectivity index (χ1v) is 10.6. The van der Waals surface area contributed by atoms with Gasteiger partial charge in [0, 0.05) is 43.9 Å². The van der Waals surface area contributed by atoms with E-state index in [2.05, 4.69) is 59.8 Å². The number of guanidine groups is 1. The number of aromatic nitrogens is 1. The normalized spacial score (nSPS) is 16.5. The molecule has 0 radical (unpaired) electrons. The number of nitrogens with zero attached hydrogens (tertiary/aromatic N) is 2. The largest absolute Gasteiger partial charge is 0.496 e. The number of rotatable bonds is 7. The zero-order valence-corrected chi connectivity index (χ0v) is 18.7. The van der Waals surface area contributed by atoms with Gasteiger partial charge in [0.25, 0.3) is 0 Å². The number of ether oxygens (including phenoxy) is 2.